The Hall–Kier alpha value is -3.78. The molecule has 194 valence electrons. The molecule has 4 aliphatic heterocycles. The lowest BCUT2D eigenvalue weighted by molar-refractivity contribution is -0.136. The Balaban J connectivity index is 1.10. The highest BCUT2D eigenvalue weighted by Gasteiger charge is 2.47. The zero-order valence-electron chi connectivity index (χ0n) is 21.0. The van der Waals surface area contributed by atoms with Crippen LogP contribution in [0.15, 0.2) is 48.5 Å². The van der Waals surface area contributed by atoms with Crippen LogP contribution in [0.2, 0.25) is 0 Å². The maximum atomic E-state index is 14.6. The molecular weight excluding hydrogens is 485 g/mol. The minimum atomic E-state index is -0.638. The van der Waals surface area contributed by atoms with Crippen LogP contribution in [-0.2, 0) is 28.1 Å². The third-order valence-corrected chi connectivity index (χ3v) is 8.88. The van der Waals surface area contributed by atoms with Crippen molar-refractivity contribution < 1.29 is 23.5 Å². The molecular formula is C30H28FN3O4. The van der Waals surface area contributed by atoms with Crippen molar-refractivity contribution in [2.75, 3.05) is 19.7 Å². The SMILES string of the molecule is O=C1CCC(N2Cc3c(ccc4c3OCC43CCN(Cc4cccc5cccc(F)c45)CC3)C2=O)C(=O)N1. The smallest absolute Gasteiger partial charge is 0.255 e. The molecule has 38 heavy (non-hydrogen) atoms. The van der Waals surface area contributed by atoms with Crippen molar-refractivity contribution in [2.24, 2.45) is 0 Å². The van der Waals surface area contributed by atoms with E-state index in [0.717, 1.165) is 53.8 Å². The summed E-state index contributed by atoms with van der Waals surface area (Å²) in [5, 5.41) is 3.98. The summed E-state index contributed by atoms with van der Waals surface area (Å²) in [6.07, 6.45) is 2.40. The first-order valence-corrected chi connectivity index (χ1v) is 13.3. The average Bonchev–Trinajstić information content (AvgIpc) is 3.44. The summed E-state index contributed by atoms with van der Waals surface area (Å²) in [6.45, 7) is 3.32. The number of carbonyl (C=O) groups is 3. The lowest BCUT2D eigenvalue weighted by Gasteiger charge is -2.38. The molecule has 0 bridgehead atoms. The summed E-state index contributed by atoms with van der Waals surface area (Å²) in [5.74, 6) is -0.276. The fourth-order valence-electron chi connectivity index (χ4n) is 6.78. The quantitative estimate of drug-likeness (QED) is 0.541. The van der Waals surface area contributed by atoms with Crippen LogP contribution in [0.25, 0.3) is 10.8 Å². The summed E-state index contributed by atoms with van der Waals surface area (Å²) < 4.78 is 20.9. The van der Waals surface area contributed by atoms with Gasteiger partial charge in [0.2, 0.25) is 11.8 Å². The van der Waals surface area contributed by atoms with Gasteiger partial charge in [0.15, 0.2) is 0 Å². The molecule has 0 saturated carbocycles. The lowest BCUT2D eigenvalue weighted by atomic mass is 9.74. The van der Waals surface area contributed by atoms with Crippen LogP contribution in [-0.4, -0.2) is 53.3 Å². The molecule has 7 rings (SSSR count). The average molecular weight is 514 g/mol. The van der Waals surface area contributed by atoms with E-state index in [0.29, 0.717) is 37.1 Å². The molecule has 1 N–H and O–H groups in total. The number of amides is 3. The number of nitrogens with zero attached hydrogens (tertiary/aromatic N) is 2. The Morgan fingerprint density at radius 2 is 1.82 bits per heavy atom. The van der Waals surface area contributed by atoms with Gasteiger partial charge in [0, 0.05) is 40.5 Å². The van der Waals surface area contributed by atoms with E-state index in [2.05, 4.69) is 10.2 Å². The number of benzene rings is 3. The molecule has 3 amide bonds. The Morgan fingerprint density at radius 1 is 1.03 bits per heavy atom. The minimum Gasteiger partial charge on any atom is -0.492 e. The van der Waals surface area contributed by atoms with Gasteiger partial charge in [-0.1, -0.05) is 36.4 Å². The molecule has 0 radical (unpaired) electrons. The van der Waals surface area contributed by atoms with Crippen LogP contribution in [0.3, 0.4) is 0 Å². The van der Waals surface area contributed by atoms with E-state index < -0.39 is 11.9 Å². The lowest BCUT2D eigenvalue weighted by Crippen LogP contribution is -2.52. The molecule has 3 aromatic carbocycles. The number of fused-ring (bicyclic) bond motifs is 5. The maximum absolute atomic E-state index is 14.6. The maximum Gasteiger partial charge on any atom is 0.255 e. The molecule has 7 nitrogen and oxygen atoms in total. The number of hydrogen-bond acceptors (Lipinski definition) is 5. The standard InChI is InChI=1S/C30H28FN3O4/c31-23-6-2-4-18-3-1-5-19(26(18)23)15-33-13-11-30(12-14-33)17-38-27-21-16-34(24-9-10-25(35)32-28(24)36)29(37)20(21)7-8-22(27)30/h1-8,24H,9-17H2,(H,32,35,36). The van der Waals surface area contributed by atoms with Gasteiger partial charge in [0.25, 0.3) is 5.91 Å². The number of halogens is 1. The van der Waals surface area contributed by atoms with Gasteiger partial charge < -0.3 is 9.64 Å². The predicted octanol–water partition coefficient (Wildman–Crippen LogP) is 3.67. The van der Waals surface area contributed by atoms with Gasteiger partial charge >= 0.3 is 0 Å². The first kappa shape index (κ1) is 23.3. The van der Waals surface area contributed by atoms with Gasteiger partial charge in [0.1, 0.15) is 17.6 Å². The number of likely N-dealkylation sites (tertiary alicyclic amines) is 1. The van der Waals surface area contributed by atoms with E-state index in [1.807, 2.05) is 36.4 Å². The third kappa shape index (κ3) is 3.54. The summed E-state index contributed by atoms with van der Waals surface area (Å²) in [4.78, 5) is 41.2. The minimum absolute atomic E-state index is 0.115. The van der Waals surface area contributed by atoms with Crippen LogP contribution in [0.1, 0.15) is 52.7 Å². The molecule has 1 unspecified atom stereocenters. The van der Waals surface area contributed by atoms with Crippen molar-refractivity contribution in [2.45, 2.75) is 50.2 Å². The van der Waals surface area contributed by atoms with Crippen molar-refractivity contribution >= 4 is 28.5 Å². The van der Waals surface area contributed by atoms with E-state index in [1.54, 1.807) is 11.0 Å². The molecule has 0 aromatic heterocycles. The Morgan fingerprint density at radius 3 is 2.61 bits per heavy atom. The van der Waals surface area contributed by atoms with E-state index in [9.17, 15) is 18.8 Å². The molecule has 4 aliphatic rings. The topological polar surface area (TPSA) is 79.0 Å². The zero-order valence-corrected chi connectivity index (χ0v) is 21.0. The number of imide groups is 1. The van der Waals surface area contributed by atoms with Crippen LogP contribution in [0.5, 0.6) is 5.75 Å². The van der Waals surface area contributed by atoms with Crippen LogP contribution in [0, 0.1) is 5.82 Å². The second-order valence-electron chi connectivity index (χ2n) is 11.0. The fourth-order valence-corrected chi connectivity index (χ4v) is 6.78. The second-order valence-corrected chi connectivity index (χ2v) is 11.0. The zero-order chi connectivity index (χ0) is 26.0. The van der Waals surface area contributed by atoms with E-state index >= 15 is 0 Å². The highest BCUT2D eigenvalue weighted by atomic mass is 19.1. The Bertz CT molecular complexity index is 1510. The Kier molecular flexibility index (Phi) is 5.30. The van der Waals surface area contributed by atoms with Crippen molar-refractivity contribution in [3.63, 3.8) is 0 Å². The molecule has 2 saturated heterocycles. The third-order valence-electron chi connectivity index (χ3n) is 8.88. The second kappa shape index (κ2) is 8.63. The van der Waals surface area contributed by atoms with Gasteiger partial charge in [-0.3, -0.25) is 24.6 Å². The first-order valence-electron chi connectivity index (χ1n) is 13.3. The van der Waals surface area contributed by atoms with Crippen LogP contribution < -0.4 is 10.1 Å². The number of hydrogen-bond donors (Lipinski definition) is 1. The summed E-state index contributed by atoms with van der Waals surface area (Å²) in [6, 6.07) is 14.4. The van der Waals surface area contributed by atoms with Gasteiger partial charge in [0.05, 0.1) is 13.2 Å². The van der Waals surface area contributed by atoms with Gasteiger partial charge in [-0.15, -0.1) is 0 Å². The largest absolute Gasteiger partial charge is 0.492 e. The molecule has 1 spiro atoms. The highest BCUT2D eigenvalue weighted by molar-refractivity contribution is 6.05. The highest BCUT2D eigenvalue weighted by Crippen LogP contribution is 2.49. The van der Waals surface area contributed by atoms with Gasteiger partial charge in [-0.05, 0) is 55.4 Å². The summed E-state index contributed by atoms with van der Waals surface area (Å²) >= 11 is 0. The number of carbonyl (C=O) groups excluding carboxylic acids is 3. The van der Waals surface area contributed by atoms with E-state index in [-0.39, 0.29) is 29.5 Å². The molecule has 8 heteroatoms. The number of nitrogens with one attached hydrogen (secondary N) is 1. The van der Waals surface area contributed by atoms with Crippen LogP contribution >= 0.6 is 0 Å². The normalized spacial score (nSPS) is 22.5. The van der Waals surface area contributed by atoms with E-state index in [1.165, 1.54) is 6.07 Å². The van der Waals surface area contributed by atoms with Crippen molar-refractivity contribution in [3.05, 3.63) is 76.6 Å². The van der Waals surface area contributed by atoms with Crippen molar-refractivity contribution in [3.8, 4) is 5.75 Å². The van der Waals surface area contributed by atoms with E-state index in [4.69, 9.17) is 4.74 Å². The van der Waals surface area contributed by atoms with Gasteiger partial charge in [-0.25, -0.2) is 4.39 Å². The summed E-state index contributed by atoms with van der Waals surface area (Å²) in [7, 11) is 0. The molecule has 1 atom stereocenters. The molecule has 4 heterocycles. The molecule has 2 fully saturated rings. The van der Waals surface area contributed by atoms with Crippen molar-refractivity contribution in [1.29, 1.82) is 0 Å². The predicted molar refractivity (Wildman–Crippen MR) is 138 cm³/mol. The number of piperidine rings is 2. The van der Waals surface area contributed by atoms with Crippen molar-refractivity contribution in [1.82, 2.24) is 15.1 Å². The Labute approximate surface area is 219 Å². The molecule has 3 aromatic rings. The summed E-state index contributed by atoms with van der Waals surface area (Å²) in [5.41, 5.74) is 3.47. The number of ether oxygens (including phenoxy) is 1. The molecule has 0 aliphatic carbocycles. The van der Waals surface area contributed by atoms with Gasteiger partial charge in [-0.2, -0.15) is 0 Å². The fraction of sp³-hybridized carbons (Fsp3) is 0.367. The monoisotopic (exact) mass is 513 g/mol. The van der Waals surface area contributed by atoms with Crippen LogP contribution in [0.4, 0.5) is 4.39 Å². The first-order chi connectivity index (χ1) is 18.4. The number of rotatable bonds is 3.